The van der Waals surface area contributed by atoms with Crippen LogP contribution in [0.15, 0.2) is 41.4 Å². The zero-order valence-electron chi connectivity index (χ0n) is 14.0. The van der Waals surface area contributed by atoms with Crippen molar-refractivity contribution in [2.45, 2.75) is 33.6 Å². The third-order valence-electron chi connectivity index (χ3n) is 4.19. The van der Waals surface area contributed by atoms with Gasteiger partial charge in [0.25, 0.3) is 0 Å². The van der Waals surface area contributed by atoms with Crippen molar-refractivity contribution in [3.8, 4) is 5.88 Å². The zero-order valence-corrected chi connectivity index (χ0v) is 14.0. The molecular formula is C20H22N2O. The van der Waals surface area contributed by atoms with E-state index in [2.05, 4.69) is 44.0 Å². The summed E-state index contributed by atoms with van der Waals surface area (Å²) in [5.41, 5.74) is 6.17. The minimum absolute atomic E-state index is 0.161. The molecule has 1 aromatic heterocycles. The second-order valence-corrected chi connectivity index (χ2v) is 6.36. The lowest BCUT2D eigenvalue weighted by atomic mass is 9.98. The van der Waals surface area contributed by atoms with Gasteiger partial charge in [-0.3, -0.25) is 4.99 Å². The summed E-state index contributed by atoms with van der Waals surface area (Å²) < 4.78 is 0. The van der Waals surface area contributed by atoms with Crippen molar-refractivity contribution in [1.82, 2.24) is 4.98 Å². The molecule has 2 N–H and O–H groups in total. The first kappa shape index (κ1) is 15.3. The van der Waals surface area contributed by atoms with E-state index in [-0.39, 0.29) is 5.88 Å². The number of aromatic amines is 1. The molecule has 23 heavy (non-hydrogen) atoms. The predicted molar refractivity (Wildman–Crippen MR) is 97.2 cm³/mol. The van der Waals surface area contributed by atoms with Gasteiger partial charge in [-0.25, -0.2) is 0 Å². The van der Waals surface area contributed by atoms with E-state index < -0.39 is 0 Å². The fourth-order valence-corrected chi connectivity index (χ4v) is 2.90. The van der Waals surface area contributed by atoms with Crippen LogP contribution in [0.5, 0.6) is 5.88 Å². The summed E-state index contributed by atoms with van der Waals surface area (Å²) in [7, 11) is 0. The fraction of sp³-hybridized carbons (Fsp3) is 0.250. The monoisotopic (exact) mass is 306 g/mol. The number of aliphatic imine (C=N–C) groups is 1. The number of aromatic nitrogens is 1. The van der Waals surface area contributed by atoms with Crippen LogP contribution in [0.2, 0.25) is 0 Å². The number of nitrogens with zero attached hydrogens (tertiary/aromatic N) is 1. The predicted octanol–water partition coefficient (Wildman–Crippen LogP) is 5.36. The number of aryl methyl sites for hydroxylation is 2. The van der Waals surface area contributed by atoms with E-state index in [1.54, 1.807) is 6.21 Å². The molecule has 0 aliphatic carbocycles. The van der Waals surface area contributed by atoms with Gasteiger partial charge in [0.2, 0.25) is 0 Å². The minimum atomic E-state index is 0.161. The van der Waals surface area contributed by atoms with Crippen LogP contribution >= 0.6 is 0 Å². The van der Waals surface area contributed by atoms with Gasteiger partial charge in [0.15, 0.2) is 5.88 Å². The van der Waals surface area contributed by atoms with E-state index in [9.17, 15) is 5.11 Å². The number of aromatic hydroxyl groups is 1. The molecule has 118 valence electrons. The third-order valence-corrected chi connectivity index (χ3v) is 4.19. The topological polar surface area (TPSA) is 48.4 Å². The Hall–Kier alpha value is -2.55. The third kappa shape index (κ3) is 2.87. The van der Waals surface area contributed by atoms with Crippen LogP contribution in [-0.4, -0.2) is 16.3 Å². The molecule has 0 amide bonds. The molecule has 0 fully saturated rings. The van der Waals surface area contributed by atoms with E-state index in [0.717, 1.165) is 33.3 Å². The molecule has 1 heterocycles. The molecule has 0 saturated carbocycles. The molecule has 0 spiro atoms. The smallest absolute Gasteiger partial charge is 0.198 e. The Bertz CT molecular complexity index is 888. The van der Waals surface area contributed by atoms with Gasteiger partial charge in [-0.2, -0.15) is 0 Å². The van der Waals surface area contributed by atoms with Crippen molar-refractivity contribution >= 4 is 22.8 Å². The Labute approximate surface area is 136 Å². The molecule has 0 aliphatic rings. The number of nitrogens with one attached hydrogen (secondary N) is 1. The summed E-state index contributed by atoms with van der Waals surface area (Å²) >= 11 is 0. The number of hydrogen-bond acceptors (Lipinski definition) is 2. The normalized spacial score (nSPS) is 11.9. The number of hydrogen-bond donors (Lipinski definition) is 2. The van der Waals surface area contributed by atoms with Gasteiger partial charge in [-0.1, -0.05) is 44.2 Å². The van der Waals surface area contributed by atoms with Gasteiger partial charge in [-0.05, 0) is 42.5 Å². The summed E-state index contributed by atoms with van der Waals surface area (Å²) in [5.74, 6) is 0.565. The molecule has 0 bridgehead atoms. The Morgan fingerprint density at radius 1 is 1.13 bits per heavy atom. The number of para-hydroxylation sites is 1. The van der Waals surface area contributed by atoms with Crippen LogP contribution in [0, 0.1) is 13.8 Å². The van der Waals surface area contributed by atoms with Crippen LogP contribution in [-0.2, 0) is 0 Å². The molecule has 0 unspecified atom stereocenters. The average molecular weight is 306 g/mol. The molecule has 3 nitrogen and oxygen atoms in total. The highest BCUT2D eigenvalue weighted by atomic mass is 16.3. The first-order chi connectivity index (χ1) is 11.0. The summed E-state index contributed by atoms with van der Waals surface area (Å²) in [6, 6.07) is 12.3. The van der Waals surface area contributed by atoms with Crippen molar-refractivity contribution in [1.29, 1.82) is 0 Å². The maximum Gasteiger partial charge on any atom is 0.198 e. The minimum Gasteiger partial charge on any atom is -0.494 e. The van der Waals surface area contributed by atoms with E-state index in [1.807, 2.05) is 25.1 Å². The van der Waals surface area contributed by atoms with Crippen LogP contribution in [0.3, 0.4) is 0 Å². The highest BCUT2D eigenvalue weighted by molar-refractivity contribution is 6.02. The Morgan fingerprint density at radius 2 is 1.91 bits per heavy atom. The number of rotatable bonds is 3. The molecule has 0 atom stereocenters. The zero-order chi connectivity index (χ0) is 16.6. The fourth-order valence-electron chi connectivity index (χ4n) is 2.90. The van der Waals surface area contributed by atoms with E-state index in [4.69, 9.17) is 4.99 Å². The summed E-state index contributed by atoms with van der Waals surface area (Å²) in [6.07, 6.45) is 1.76. The average Bonchev–Trinajstić information content (AvgIpc) is 2.80. The number of H-pyrrole nitrogens is 1. The Balaban J connectivity index is 2.10. The molecule has 3 aromatic rings. The second-order valence-electron chi connectivity index (χ2n) is 6.36. The van der Waals surface area contributed by atoms with Gasteiger partial charge in [0.1, 0.15) is 0 Å². The standard InChI is InChI=1S/C20H22N2O/c1-12(2)15-7-5-6-14(4)19(15)21-11-17-16-9-8-13(3)10-18(16)22-20(17)23/h5-12,22-23H,1-4H3. The van der Waals surface area contributed by atoms with Crippen molar-refractivity contribution in [2.75, 3.05) is 0 Å². The highest BCUT2D eigenvalue weighted by Gasteiger charge is 2.11. The largest absolute Gasteiger partial charge is 0.494 e. The Morgan fingerprint density at radius 3 is 2.65 bits per heavy atom. The molecule has 0 aliphatic heterocycles. The SMILES string of the molecule is Cc1ccc2c(C=Nc3c(C)cccc3C(C)C)c(O)[nH]c2c1. The van der Waals surface area contributed by atoms with Crippen LogP contribution in [0.4, 0.5) is 5.69 Å². The molecule has 0 radical (unpaired) electrons. The Kier molecular flexibility index (Phi) is 3.95. The van der Waals surface area contributed by atoms with Gasteiger partial charge < -0.3 is 10.1 Å². The first-order valence-electron chi connectivity index (χ1n) is 7.92. The number of fused-ring (bicyclic) bond motifs is 1. The van der Waals surface area contributed by atoms with Crippen molar-refractivity contribution in [3.05, 3.63) is 58.7 Å². The van der Waals surface area contributed by atoms with Gasteiger partial charge in [0.05, 0.1) is 11.3 Å². The lowest BCUT2D eigenvalue weighted by Gasteiger charge is -2.11. The molecule has 3 rings (SSSR count). The second kappa shape index (κ2) is 5.92. The van der Waals surface area contributed by atoms with Crippen molar-refractivity contribution in [3.63, 3.8) is 0 Å². The first-order valence-corrected chi connectivity index (χ1v) is 7.92. The quantitative estimate of drug-likeness (QED) is 0.628. The molecular weight excluding hydrogens is 284 g/mol. The molecule has 0 saturated heterocycles. The highest BCUT2D eigenvalue weighted by Crippen LogP contribution is 2.31. The maximum absolute atomic E-state index is 10.2. The van der Waals surface area contributed by atoms with Gasteiger partial charge in [-0.15, -0.1) is 0 Å². The van der Waals surface area contributed by atoms with E-state index >= 15 is 0 Å². The lowest BCUT2D eigenvalue weighted by molar-refractivity contribution is 0.457. The van der Waals surface area contributed by atoms with Crippen molar-refractivity contribution in [2.24, 2.45) is 4.99 Å². The summed E-state index contributed by atoms with van der Waals surface area (Å²) in [5, 5.41) is 11.2. The maximum atomic E-state index is 10.2. The van der Waals surface area contributed by atoms with Gasteiger partial charge >= 0.3 is 0 Å². The molecule has 2 aromatic carbocycles. The van der Waals surface area contributed by atoms with Crippen molar-refractivity contribution < 1.29 is 5.11 Å². The van der Waals surface area contributed by atoms with Crippen LogP contribution in [0.25, 0.3) is 10.9 Å². The van der Waals surface area contributed by atoms with Crippen LogP contribution in [0.1, 0.15) is 42.0 Å². The molecule has 3 heteroatoms. The summed E-state index contributed by atoms with van der Waals surface area (Å²) in [4.78, 5) is 7.72. The van der Waals surface area contributed by atoms with E-state index in [1.165, 1.54) is 5.56 Å². The van der Waals surface area contributed by atoms with Gasteiger partial charge in [0, 0.05) is 17.1 Å². The number of benzene rings is 2. The summed E-state index contributed by atoms with van der Waals surface area (Å²) in [6.45, 7) is 8.43. The lowest BCUT2D eigenvalue weighted by Crippen LogP contribution is -1.91. The van der Waals surface area contributed by atoms with E-state index in [0.29, 0.717) is 5.92 Å². The van der Waals surface area contributed by atoms with Crippen LogP contribution < -0.4 is 0 Å².